The van der Waals surface area contributed by atoms with Gasteiger partial charge in [-0.05, 0) is 24.2 Å². The Morgan fingerprint density at radius 3 is 2.43 bits per heavy atom. The van der Waals surface area contributed by atoms with Gasteiger partial charge in [0.2, 0.25) is 0 Å². The van der Waals surface area contributed by atoms with Crippen LogP contribution in [0.5, 0.6) is 0 Å². The first kappa shape index (κ1) is 16.0. The molecule has 3 rings (SSSR count). The van der Waals surface area contributed by atoms with E-state index >= 15 is 0 Å². The summed E-state index contributed by atoms with van der Waals surface area (Å²) < 4.78 is 1.78. The molecule has 0 radical (unpaired) electrons. The van der Waals surface area contributed by atoms with Gasteiger partial charge in [-0.3, -0.25) is 9.48 Å². The van der Waals surface area contributed by atoms with Crippen LogP contribution in [0.4, 0.5) is 0 Å². The molecule has 1 aromatic carbocycles. The number of carbonyl (C=O) groups excluding carboxylic acids is 1. The maximum Gasteiger partial charge on any atom is 0.253 e. The molecule has 0 N–H and O–H groups in total. The predicted octanol–water partition coefficient (Wildman–Crippen LogP) is 2.36. The molecule has 1 aliphatic heterocycles. The number of hydrogen-bond acceptors (Lipinski definition) is 3. The van der Waals surface area contributed by atoms with Crippen molar-refractivity contribution < 1.29 is 4.79 Å². The lowest BCUT2D eigenvalue weighted by Gasteiger charge is -2.34. The second-order valence-corrected chi connectivity index (χ2v) is 6.22. The van der Waals surface area contributed by atoms with Crippen molar-refractivity contribution in [2.75, 3.05) is 32.7 Å². The summed E-state index contributed by atoms with van der Waals surface area (Å²) in [6.45, 7) is 7.38. The van der Waals surface area contributed by atoms with Crippen molar-refractivity contribution in [3.63, 3.8) is 0 Å². The first-order chi connectivity index (χ1) is 11.2. The summed E-state index contributed by atoms with van der Waals surface area (Å²) >= 11 is 5.86. The first-order valence-corrected chi connectivity index (χ1v) is 8.32. The number of nitrogens with zero attached hydrogens (tertiary/aromatic N) is 4. The summed E-state index contributed by atoms with van der Waals surface area (Å²) in [4.78, 5) is 16.8. The molecule has 1 amide bonds. The largest absolute Gasteiger partial charge is 0.336 e. The zero-order chi connectivity index (χ0) is 16.2. The molecule has 23 heavy (non-hydrogen) atoms. The Balaban J connectivity index is 1.61. The molecule has 0 spiro atoms. The number of likely N-dealkylation sites (N-methyl/N-ethyl adjacent to an activating group) is 1. The van der Waals surface area contributed by atoms with Crippen LogP contribution in [0, 0.1) is 0 Å². The molecular formula is C17H21ClN4O. The van der Waals surface area contributed by atoms with Gasteiger partial charge in [0.25, 0.3) is 5.91 Å². The predicted molar refractivity (Wildman–Crippen MR) is 90.8 cm³/mol. The van der Waals surface area contributed by atoms with E-state index in [1.807, 2.05) is 29.2 Å². The van der Waals surface area contributed by atoms with Crippen LogP contribution < -0.4 is 0 Å². The van der Waals surface area contributed by atoms with Crippen molar-refractivity contribution in [1.82, 2.24) is 19.6 Å². The Hall–Kier alpha value is -1.85. The minimum atomic E-state index is 0.120. The SMILES string of the molecule is CCN1CCN(C(=O)c2ccc(Cn3cc(Cl)cn3)cc2)CC1. The van der Waals surface area contributed by atoms with E-state index in [1.54, 1.807) is 17.1 Å². The highest BCUT2D eigenvalue weighted by atomic mass is 35.5. The van der Waals surface area contributed by atoms with Crippen LogP contribution in [0.2, 0.25) is 5.02 Å². The zero-order valence-electron chi connectivity index (χ0n) is 13.3. The van der Waals surface area contributed by atoms with E-state index in [4.69, 9.17) is 11.6 Å². The molecule has 122 valence electrons. The molecule has 1 aromatic heterocycles. The van der Waals surface area contributed by atoms with Gasteiger partial charge in [-0.25, -0.2) is 0 Å². The molecule has 5 nitrogen and oxygen atoms in total. The van der Waals surface area contributed by atoms with Crippen molar-refractivity contribution >= 4 is 17.5 Å². The second-order valence-electron chi connectivity index (χ2n) is 5.78. The van der Waals surface area contributed by atoms with E-state index in [-0.39, 0.29) is 5.91 Å². The Morgan fingerprint density at radius 2 is 1.87 bits per heavy atom. The lowest BCUT2D eigenvalue weighted by atomic mass is 10.1. The van der Waals surface area contributed by atoms with Gasteiger partial charge in [-0.2, -0.15) is 5.10 Å². The van der Waals surface area contributed by atoms with Gasteiger partial charge >= 0.3 is 0 Å². The van der Waals surface area contributed by atoms with E-state index in [2.05, 4.69) is 16.9 Å². The number of aromatic nitrogens is 2. The number of halogens is 1. The Morgan fingerprint density at radius 1 is 1.17 bits per heavy atom. The van der Waals surface area contributed by atoms with Crippen molar-refractivity contribution in [1.29, 1.82) is 0 Å². The Bertz CT molecular complexity index is 659. The summed E-state index contributed by atoms with van der Waals surface area (Å²) in [5.41, 5.74) is 1.84. The lowest BCUT2D eigenvalue weighted by Crippen LogP contribution is -2.48. The van der Waals surface area contributed by atoms with Gasteiger partial charge < -0.3 is 9.80 Å². The fraction of sp³-hybridized carbons (Fsp3) is 0.412. The topological polar surface area (TPSA) is 41.4 Å². The lowest BCUT2D eigenvalue weighted by molar-refractivity contribution is 0.0643. The molecule has 1 saturated heterocycles. The molecule has 0 saturated carbocycles. The number of amides is 1. The number of carbonyl (C=O) groups is 1. The molecule has 0 bridgehead atoms. The summed E-state index contributed by atoms with van der Waals surface area (Å²) in [5, 5.41) is 4.79. The van der Waals surface area contributed by atoms with E-state index in [1.165, 1.54) is 0 Å². The minimum Gasteiger partial charge on any atom is -0.336 e. The maximum atomic E-state index is 12.5. The van der Waals surface area contributed by atoms with Gasteiger partial charge in [0.1, 0.15) is 0 Å². The van der Waals surface area contributed by atoms with E-state index in [0.29, 0.717) is 11.6 Å². The van der Waals surface area contributed by atoms with Crippen LogP contribution >= 0.6 is 11.6 Å². The Labute approximate surface area is 141 Å². The van der Waals surface area contributed by atoms with Gasteiger partial charge in [0, 0.05) is 37.9 Å². The maximum absolute atomic E-state index is 12.5. The number of piperazine rings is 1. The highest BCUT2D eigenvalue weighted by Gasteiger charge is 2.21. The third-order valence-corrected chi connectivity index (χ3v) is 4.45. The smallest absolute Gasteiger partial charge is 0.253 e. The van der Waals surface area contributed by atoms with Crippen LogP contribution in [-0.2, 0) is 6.54 Å². The summed E-state index contributed by atoms with van der Waals surface area (Å²) in [7, 11) is 0. The molecule has 1 aliphatic rings. The van der Waals surface area contributed by atoms with Crippen LogP contribution in [0.25, 0.3) is 0 Å². The normalized spacial score (nSPS) is 15.8. The highest BCUT2D eigenvalue weighted by Crippen LogP contribution is 2.12. The van der Waals surface area contributed by atoms with Crippen molar-refractivity contribution in [2.24, 2.45) is 0 Å². The summed E-state index contributed by atoms with van der Waals surface area (Å²) in [6, 6.07) is 7.75. The molecule has 0 unspecified atom stereocenters. The average molecular weight is 333 g/mol. The monoisotopic (exact) mass is 332 g/mol. The molecule has 2 heterocycles. The minimum absolute atomic E-state index is 0.120. The highest BCUT2D eigenvalue weighted by molar-refractivity contribution is 6.30. The van der Waals surface area contributed by atoms with E-state index in [9.17, 15) is 4.79 Å². The van der Waals surface area contributed by atoms with Gasteiger partial charge in [-0.1, -0.05) is 30.7 Å². The van der Waals surface area contributed by atoms with Crippen LogP contribution in [0.3, 0.4) is 0 Å². The van der Waals surface area contributed by atoms with Gasteiger partial charge in [0.15, 0.2) is 0 Å². The standard InChI is InChI=1S/C17H21ClN4O/c1-2-20-7-9-21(10-8-20)17(23)15-5-3-14(4-6-15)12-22-13-16(18)11-19-22/h3-6,11,13H,2,7-10,12H2,1H3. The summed E-state index contributed by atoms with van der Waals surface area (Å²) in [6.07, 6.45) is 3.41. The molecule has 0 atom stereocenters. The fourth-order valence-electron chi connectivity index (χ4n) is 2.81. The second kappa shape index (κ2) is 7.15. The quantitative estimate of drug-likeness (QED) is 0.863. The zero-order valence-corrected chi connectivity index (χ0v) is 14.0. The average Bonchev–Trinajstić information content (AvgIpc) is 3.00. The van der Waals surface area contributed by atoms with Gasteiger partial charge in [0.05, 0.1) is 17.8 Å². The van der Waals surface area contributed by atoms with Gasteiger partial charge in [-0.15, -0.1) is 0 Å². The number of hydrogen-bond donors (Lipinski definition) is 0. The molecule has 0 aliphatic carbocycles. The molecule has 1 fully saturated rings. The first-order valence-electron chi connectivity index (χ1n) is 7.94. The molecule has 6 heteroatoms. The van der Waals surface area contributed by atoms with E-state index < -0.39 is 0 Å². The molecule has 2 aromatic rings. The van der Waals surface area contributed by atoms with Crippen LogP contribution in [0.1, 0.15) is 22.8 Å². The van der Waals surface area contributed by atoms with Crippen LogP contribution in [0.15, 0.2) is 36.7 Å². The fourth-order valence-corrected chi connectivity index (χ4v) is 2.97. The van der Waals surface area contributed by atoms with Crippen molar-refractivity contribution in [3.05, 3.63) is 52.8 Å². The third-order valence-electron chi connectivity index (χ3n) is 4.25. The van der Waals surface area contributed by atoms with Crippen molar-refractivity contribution in [2.45, 2.75) is 13.5 Å². The van der Waals surface area contributed by atoms with E-state index in [0.717, 1.165) is 43.9 Å². The van der Waals surface area contributed by atoms with Crippen LogP contribution in [-0.4, -0.2) is 58.2 Å². The summed E-state index contributed by atoms with van der Waals surface area (Å²) in [5.74, 6) is 0.120. The Kier molecular flexibility index (Phi) is 4.98. The third kappa shape index (κ3) is 3.92. The van der Waals surface area contributed by atoms with Crippen molar-refractivity contribution in [3.8, 4) is 0 Å². The molecular weight excluding hydrogens is 312 g/mol. The number of rotatable bonds is 4. The number of benzene rings is 1.